The number of aryl methyl sites for hydroxylation is 1. The second-order valence-electron chi connectivity index (χ2n) is 9.35. The molecule has 0 spiro atoms. The Kier molecular flexibility index (Phi) is 6.41. The quantitative estimate of drug-likeness (QED) is 0.346. The molecule has 1 N–H and O–H groups in total. The van der Waals surface area contributed by atoms with E-state index in [1.54, 1.807) is 21.6 Å². The van der Waals surface area contributed by atoms with E-state index in [1.165, 1.54) is 34.9 Å². The Labute approximate surface area is 225 Å². The number of piperidine rings is 1. The van der Waals surface area contributed by atoms with E-state index in [4.69, 9.17) is 0 Å². The Bertz CT molecular complexity index is 1760. The van der Waals surface area contributed by atoms with Gasteiger partial charge in [0, 0.05) is 24.7 Å². The number of amides is 1. The highest BCUT2D eigenvalue weighted by molar-refractivity contribution is 7.89. The topological polar surface area (TPSA) is 128 Å². The average molecular weight is 543 g/mol. The van der Waals surface area contributed by atoms with Crippen LogP contribution in [0.5, 0.6) is 0 Å². The maximum absolute atomic E-state index is 13.2. The van der Waals surface area contributed by atoms with Gasteiger partial charge in [-0.1, -0.05) is 24.6 Å². The first-order valence-corrected chi connectivity index (χ1v) is 14.1. The average Bonchev–Trinajstić information content (AvgIpc) is 3.57. The normalized spacial score (nSPS) is 14.5. The first-order valence-electron chi connectivity index (χ1n) is 12.6. The van der Waals surface area contributed by atoms with Gasteiger partial charge in [0.2, 0.25) is 10.0 Å². The van der Waals surface area contributed by atoms with Crippen molar-refractivity contribution in [2.45, 2.75) is 31.1 Å². The standard InChI is InChI=1S/C27H26N8O3S/c1-19-16-24(31-27(36)20-10-12-22(13-11-20)39(37,38)33-14-6-3-7-15-33)35(32-19)26-23-17-30-34(25(23)28-18-29-26)21-8-4-2-5-9-21/h2,4-5,8-13,16-18H,3,6-7,14-15H2,1H3,(H,31,36). The van der Waals surface area contributed by atoms with Crippen molar-refractivity contribution in [2.75, 3.05) is 18.4 Å². The van der Waals surface area contributed by atoms with Crippen molar-refractivity contribution in [3.05, 3.63) is 84.4 Å². The molecule has 0 bridgehead atoms. The summed E-state index contributed by atoms with van der Waals surface area (Å²) >= 11 is 0. The van der Waals surface area contributed by atoms with Crippen molar-refractivity contribution in [1.29, 1.82) is 0 Å². The number of nitrogens with zero attached hydrogens (tertiary/aromatic N) is 7. The number of para-hydroxylation sites is 1. The molecule has 6 rings (SSSR count). The molecule has 3 aromatic heterocycles. The highest BCUT2D eigenvalue weighted by Crippen LogP contribution is 2.25. The summed E-state index contributed by atoms with van der Waals surface area (Å²) in [7, 11) is -3.58. The van der Waals surface area contributed by atoms with Gasteiger partial charge in [0.05, 0.1) is 27.9 Å². The zero-order valence-electron chi connectivity index (χ0n) is 21.2. The second-order valence-corrected chi connectivity index (χ2v) is 11.3. The van der Waals surface area contributed by atoms with E-state index in [2.05, 4.69) is 25.5 Å². The zero-order chi connectivity index (χ0) is 27.0. The molecule has 1 fully saturated rings. The van der Waals surface area contributed by atoms with Crippen molar-refractivity contribution >= 4 is 32.8 Å². The molecule has 5 aromatic rings. The molecule has 2 aromatic carbocycles. The minimum Gasteiger partial charge on any atom is -0.306 e. The van der Waals surface area contributed by atoms with Crippen molar-refractivity contribution in [2.24, 2.45) is 0 Å². The smallest absolute Gasteiger partial charge is 0.256 e. The number of aromatic nitrogens is 6. The molecule has 0 saturated carbocycles. The van der Waals surface area contributed by atoms with Crippen LogP contribution in [0.15, 0.2) is 78.1 Å². The lowest BCUT2D eigenvalue weighted by Crippen LogP contribution is -2.35. The fraction of sp³-hybridized carbons (Fsp3) is 0.222. The van der Waals surface area contributed by atoms with Gasteiger partial charge in [-0.25, -0.2) is 23.1 Å². The molecule has 0 radical (unpaired) electrons. The Hall–Kier alpha value is -4.42. The van der Waals surface area contributed by atoms with E-state index in [0.29, 0.717) is 47.0 Å². The third-order valence-electron chi connectivity index (χ3n) is 6.69. The van der Waals surface area contributed by atoms with Crippen molar-refractivity contribution in [1.82, 2.24) is 33.8 Å². The molecule has 1 amide bonds. The minimum absolute atomic E-state index is 0.181. The highest BCUT2D eigenvalue weighted by Gasteiger charge is 2.26. The van der Waals surface area contributed by atoms with E-state index in [-0.39, 0.29) is 4.90 Å². The molecule has 39 heavy (non-hydrogen) atoms. The molecule has 4 heterocycles. The summed E-state index contributed by atoms with van der Waals surface area (Å²) in [6, 6.07) is 17.4. The number of nitrogens with one attached hydrogen (secondary N) is 1. The maximum Gasteiger partial charge on any atom is 0.256 e. The predicted octanol–water partition coefficient (Wildman–Crippen LogP) is 3.74. The van der Waals surface area contributed by atoms with Gasteiger partial charge in [-0.2, -0.15) is 19.2 Å². The number of carbonyl (C=O) groups excluding carboxylic acids is 1. The molecule has 12 heteroatoms. The lowest BCUT2D eigenvalue weighted by Gasteiger charge is -2.25. The number of hydrogen-bond acceptors (Lipinski definition) is 7. The van der Waals surface area contributed by atoms with Gasteiger partial charge in [-0.05, 0) is 56.2 Å². The fourth-order valence-corrected chi connectivity index (χ4v) is 6.25. The molecular formula is C27H26N8O3S. The first kappa shape index (κ1) is 24.9. The van der Waals surface area contributed by atoms with E-state index in [0.717, 1.165) is 24.9 Å². The Morgan fingerprint density at radius 1 is 0.923 bits per heavy atom. The van der Waals surface area contributed by atoms with Crippen LogP contribution >= 0.6 is 0 Å². The number of fused-ring (bicyclic) bond motifs is 1. The molecule has 198 valence electrons. The lowest BCUT2D eigenvalue weighted by atomic mass is 10.2. The van der Waals surface area contributed by atoms with Crippen molar-refractivity contribution in [3.8, 4) is 11.5 Å². The van der Waals surface area contributed by atoms with Gasteiger partial charge in [-0.15, -0.1) is 0 Å². The third-order valence-corrected chi connectivity index (χ3v) is 8.60. The summed E-state index contributed by atoms with van der Waals surface area (Å²) < 4.78 is 30.7. The molecule has 1 saturated heterocycles. The van der Waals surface area contributed by atoms with E-state index in [1.807, 2.05) is 37.3 Å². The molecular weight excluding hydrogens is 516 g/mol. The number of anilines is 1. The monoisotopic (exact) mass is 542 g/mol. The van der Waals surface area contributed by atoms with E-state index in [9.17, 15) is 13.2 Å². The zero-order valence-corrected chi connectivity index (χ0v) is 22.0. The molecule has 0 atom stereocenters. The van der Waals surface area contributed by atoms with Crippen LogP contribution in [0.25, 0.3) is 22.5 Å². The fourth-order valence-electron chi connectivity index (χ4n) is 4.73. The van der Waals surface area contributed by atoms with Crippen LogP contribution in [0.1, 0.15) is 35.3 Å². The van der Waals surface area contributed by atoms with Gasteiger partial charge >= 0.3 is 0 Å². The largest absolute Gasteiger partial charge is 0.306 e. The van der Waals surface area contributed by atoms with Crippen LogP contribution in [0, 0.1) is 6.92 Å². The number of sulfonamides is 1. The van der Waals surface area contributed by atoms with E-state index >= 15 is 0 Å². The van der Waals surface area contributed by atoms with Crippen LogP contribution in [0.3, 0.4) is 0 Å². The highest BCUT2D eigenvalue weighted by atomic mass is 32.2. The van der Waals surface area contributed by atoms with Crippen LogP contribution in [0.2, 0.25) is 0 Å². The van der Waals surface area contributed by atoms with Crippen molar-refractivity contribution in [3.63, 3.8) is 0 Å². The minimum atomic E-state index is -3.58. The summed E-state index contributed by atoms with van der Waals surface area (Å²) in [6.07, 6.45) is 5.86. The Morgan fingerprint density at radius 3 is 2.41 bits per heavy atom. The number of carbonyl (C=O) groups is 1. The van der Waals surface area contributed by atoms with Crippen LogP contribution in [-0.2, 0) is 10.0 Å². The van der Waals surface area contributed by atoms with E-state index < -0.39 is 15.9 Å². The summed E-state index contributed by atoms with van der Waals surface area (Å²) in [5, 5.41) is 12.6. The van der Waals surface area contributed by atoms with Gasteiger partial charge in [0.1, 0.15) is 12.1 Å². The summed E-state index contributed by atoms with van der Waals surface area (Å²) in [6.45, 7) is 2.86. The lowest BCUT2D eigenvalue weighted by molar-refractivity contribution is 0.102. The van der Waals surface area contributed by atoms with Crippen LogP contribution < -0.4 is 5.32 Å². The van der Waals surface area contributed by atoms with Gasteiger partial charge in [0.25, 0.3) is 5.91 Å². The van der Waals surface area contributed by atoms with Gasteiger partial charge in [0.15, 0.2) is 11.5 Å². The van der Waals surface area contributed by atoms with Crippen molar-refractivity contribution < 1.29 is 13.2 Å². The maximum atomic E-state index is 13.2. The summed E-state index contributed by atoms with van der Waals surface area (Å²) in [4.78, 5) is 22.2. The molecule has 1 aliphatic heterocycles. The third kappa shape index (κ3) is 4.68. The van der Waals surface area contributed by atoms with Crippen LogP contribution in [-0.4, -0.2) is 61.2 Å². The number of hydrogen-bond donors (Lipinski definition) is 1. The number of benzene rings is 2. The molecule has 0 unspecified atom stereocenters. The molecule has 0 aliphatic carbocycles. The number of rotatable bonds is 6. The van der Waals surface area contributed by atoms with Gasteiger partial charge in [-0.3, -0.25) is 4.79 Å². The SMILES string of the molecule is Cc1cc(NC(=O)c2ccc(S(=O)(=O)N3CCCCC3)cc2)n(-c2ncnc3c2cnn3-c2ccccc2)n1. The Morgan fingerprint density at radius 2 is 1.67 bits per heavy atom. The molecule has 1 aliphatic rings. The van der Waals surface area contributed by atoms with Crippen LogP contribution in [0.4, 0.5) is 5.82 Å². The van der Waals surface area contributed by atoms with Gasteiger partial charge < -0.3 is 5.32 Å². The Balaban J connectivity index is 1.28. The second kappa shape index (κ2) is 10.0. The first-order chi connectivity index (χ1) is 18.9. The predicted molar refractivity (Wildman–Crippen MR) is 146 cm³/mol. The summed E-state index contributed by atoms with van der Waals surface area (Å²) in [5.41, 5.74) is 2.45. The molecule has 11 nitrogen and oxygen atoms in total. The summed E-state index contributed by atoms with van der Waals surface area (Å²) in [5.74, 6) is 0.479.